The number of ether oxygens (including phenoxy) is 1. The molecule has 0 bridgehead atoms. The molecule has 2 rings (SSSR count). The molecule has 1 aliphatic rings. The van der Waals surface area contributed by atoms with Gasteiger partial charge in [-0.15, -0.1) is 0 Å². The van der Waals surface area contributed by atoms with E-state index < -0.39 is 0 Å². The Hall–Kier alpha value is -1.16. The maximum atomic E-state index is 5.90. The lowest BCUT2D eigenvalue weighted by atomic mass is 10.0. The van der Waals surface area contributed by atoms with E-state index in [1.54, 1.807) is 0 Å². The summed E-state index contributed by atoms with van der Waals surface area (Å²) in [6.07, 6.45) is 1.07. The van der Waals surface area contributed by atoms with Gasteiger partial charge in [-0.25, -0.2) is 9.97 Å². The van der Waals surface area contributed by atoms with E-state index in [2.05, 4.69) is 41.7 Å². The van der Waals surface area contributed by atoms with Crippen LogP contribution in [-0.4, -0.2) is 34.8 Å². The molecule has 18 heavy (non-hydrogen) atoms. The van der Waals surface area contributed by atoms with Crippen molar-refractivity contribution in [2.24, 2.45) is 0 Å². The fourth-order valence-electron chi connectivity index (χ4n) is 2.45. The van der Waals surface area contributed by atoms with Gasteiger partial charge in [-0.05, 0) is 34.1 Å². The molecule has 4 nitrogen and oxygen atoms in total. The van der Waals surface area contributed by atoms with Crippen molar-refractivity contribution in [3.8, 4) is 0 Å². The van der Waals surface area contributed by atoms with Crippen molar-refractivity contribution >= 4 is 5.82 Å². The first-order chi connectivity index (χ1) is 8.41. The summed E-state index contributed by atoms with van der Waals surface area (Å²) in [6, 6.07) is 2.48. The molecule has 0 radical (unpaired) electrons. The SMILES string of the molecule is CC[C@H]1COC(C)(C)CN1c1cc(C)nc(C)n1. The Bertz CT molecular complexity index is 411. The molecule has 0 spiro atoms. The standard InChI is InChI=1S/C14H23N3O/c1-6-12-8-18-14(4,5)9-17(12)13-7-10(2)15-11(3)16-13/h7,12H,6,8-9H2,1-5H3/t12-/m0/s1. The number of morpholine rings is 1. The van der Waals surface area contributed by atoms with E-state index in [0.29, 0.717) is 6.04 Å². The van der Waals surface area contributed by atoms with Crippen molar-refractivity contribution in [3.63, 3.8) is 0 Å². The quantitative estimate of drug-likeness (QED) is 0.807. The lowest BCUT2D eigenvalue weighted by molar-refractivity contribution is -0.0454. The van der Waals surface area contributed by atoms with E-state index in [1.165, 1.54) is 0 Å². The Morgan fingerprint density at radius 3 is 2.72 bits per heavy atom. The third kappa shape index (κ3) is 2.80. The van der Waals surface area contributed by atoms with Crippen LogP contribution in [0.1, 0.15) is 38.7 Å². The molecule has 1 saturated heterocycles. The lowest BCUT2D eigenvalue weighted by Crippen LogP contribution is -2.54. The van der Waals surface area contributed by atoms with Gasteiger partial charge in [0.2, 0.25) is 0 Å². The Labute approximate surface area is 109 Å². The summed E-state index contributed by atoms with van der Waals surface area (Å²) in [5.74, 6) is 1.87. The van der Waals surface area contributed by atoms with Gasteiger partial charge in [-0.2, -0.15) is 0 Å². The number of hydrogen-bond donors (Lipinski definition) is 0. The second kappa shape index (κ2) is 4.84. The van der Waals surface area contributed by atoms with E-state index in [1.807, 2.05) is 13.8 Å². The van der Waals surface area contributed by atoms with Crippen LogP contribution in [0.2, 0.25) is 0 Å². The van der Waals surface area contributed by atoms with Crippen molar-refractivity contribution in [2.75, 3.05) is 18.1 Å². The van der Waals surface area contributed by atoms with E-state index >= 15 is 0 Å². The normalized spacial score (nSPS) is 23.2. The lowest BCUT2D eigenvalue weighted by Gasteiger charge is -2.44. The number of anilines is 1. The minimum absolute atomic E-state index is 0.113. The zero-order chi connectivity index (χ0) is 13.3. The van der Waals surface area contributed by atoms with Crippen LogP contribution in [0, 0.1) is 13.8 Å². The van der Waals surface area contributed by atoms with Gasteiger partial charge in [0.25, 0.3) is 0 Å². The molecule has 0 unspecified atom stereocenters. The first kappa shape index (κ1) is 13.3. The van der Waals surface area contributed by atoms with Gasteiger partial charge in [0.15, 0.2) is 0 Å². The van der Waals surface area contributed by atoms with Gasteiger partial charge in [-0.1, -0.05) is 6.92 Å². The van der Waals surface area contributed by atoms with Gasteiger partial charge in [0.05, 0.1) is 18.2 Å². The maximum Gasteiger partial charge on any atom is 0.132 e. The summed E-state index contributed by atoms with van der Waals surface area (Å²) < 4.78 is 5.90. The van der Waals surface area contributed by atoms with Crippen molar-refractivity contribution < 1.29 is 4.74 Å². The predicted octanol–water partition coefficient (Wildman–Crippen LogP) is 2.49. The van der Waals surface area contributed by atoms with Crippen LogP contribution in [-0.2, 0) is 4.74 Å². The van der Waals surface area contributed by atoms with Crippen LogP contribution in [0.5, 0.6) is 0 Å². The molecule has 1 aliphatic heterocycles. The first-order valence-electron chi connectivity index (χ1n) is 6.64. The molecule has 1 atom stereocenters. The van der Waals surface area contributed by atoms with Gasteiger partial charge in [0.1, 0.15) is 11.6 Å². The van der Waals surface area contributed by atoms with Crippen molar-refractivity contribution in [3.05, 3.63) is 17.6 Å². The largest absolute Gasteiger partial charge is 0.372 e. The van der Waals surface area contributed by atoms with Crippen molar-refractivity contribution in [1.82, 2.24) is 9.97 Å². The smallest absolute Gasteiger partial charge is 0.132 e. The summed E-state index contributed by atoms with van der Waals surface area (Å²) in [4.78, 5) is 11.3. The van der Waals surface area contributed by atoms with Crippen LogP contribution in [0.25, 0.3) is 0 Å². The molecule has 0 aromatic carbocycles. The van der Waals surface area contributed by atoms with Gasteiger partial charge < -0.3 is 9.64 Å². The van der Waals surface area contributed by atoms with Crippen LogP contribution in [0.15, 0.2) is 6.07 Å². The zero-order valence-corrected chi connectivity index (χ0v) is 12.0. The molecule has 1 fully saturated rings. The highest BCUT2D eigenvalue weighted by atomic mass is 16.5. The minimum atomic E-state index is -0.113. The topological polar surface area (TPSA) is 38.2 Å². The van der Waals surface area contributed by atoms with Crippen LogP contribution >= 0.6 is 0 Å². The zero-order valence-electron chi connectivity index (χ0n) is 12.0. The van der Waals surface area contributed by atoms with E-state index in [9.17, 15) is 0 Å². The second-order valence-electron chi connectivity index (χ2n) is 5.68. The number of aryl methyl sites for hydroxylation is 2. The molecule has 100 valence electrons. The van der Waals surface area contributed by atoms with Crippen LogP contribution in [0.4, 0.5) is 5.82 Å². The van der Waals surface area contributed by atoms with Gasteiger partial charge >= 0.3 is 0 Å². The highest BCUT2D eigenvalue weighted by Crippen LogP contribution is 2.27. The third-order valence-corrected chi connectivity index (χ3v) is 3.38. The molecular weight excluding hydrogens is 226 g/mol. The minimum Gasteiger partial charge on any atom is -0.372 e. The monoisotopic (exact) mass is 249 g/mol. The maximum absolute atomic E-state index is 5.90. The fourth-order valence-corrected chi connectivity index (χ4v) is 2.45. The van der Waals surface area contributed by atoms with E-state index in [0.717, 1.165) is 36.9 Å². The molecule has 0 saturated carbocycles. The average Bonchev–Trinajstić information content (AvgIpc) is 2.26. The summed E-state index contributed by atoms with van der Waals surface area (Å²) >= 11 is 0. The molecule has 4 heteroatoms. The number of hydrogen-bond acceptors (Lipinski definition) is 4. The van der Waals surface area contributed by atoms with Crippen molar-refractivity contribution in [2.45, 2.75) is 52.7 Å². The second-order valence-corrected chi connectivity index (χ2v) is 5.68. The molecule has 1 aromatic rings. The van der Waals surface area contributed by atoms with E-state index in [-0.39, 0.29) is 5.60 Å². The molecule has 1 aromatic heterocycles. The third-order valence-electron chi connectivity index (χ3n) is 3.38. The molecule has 0 aliphatic carbocycles. The summed E-state index contributed by atoms with van der Waals surface area (Å²) in [6.45, 7) is 12.1. The Kier molecular flexibility index (Phi) is 3.57. The van der Waals surface area contributed by atoms with Crippen LogP contribution in [0.3, 0.4) is 0 Å². The Morgan fingerprint density at radius 2 is 2.11 bits per heavy atom. The molecule has 2 heterocycles. The Morgan fingerprint density at radius 1 is 1.39 bits per heavy atom. The average molecular weight is 249 g/mol. The molecular formula is C14H23N3O. The molecule has 0 N–H and O–H groups in total. The number of rotatable bonds is 2. The van der Waals surface area contributed by atoms with Crippen LogP contribution < -0.4 is 4.90 Å². The number of nitrogens with zero attached hydrogens (tertiary/aromatic N) is 3. The Balaban J connectivity index is 2.32. The number of aromatic nitrogens is 2. The van der Waals surface area contributed by atoms with Gasteiger partial charge in [-0.3, -0.25) is 0 Å². The van der Waals surface area contributed by atoms with Gasteiger partial charge in [0, 0.05) is 18.3 Å². The highest BCUT2D eigenvalue weighted by Gasteiger charge is 2.33. The predicted molar refractivity (Wildman–Crippen MR) is 73.0 cm³/mol. The summed E-state index contributed by atoms with van der Waals surface area (Å²) in [5.41, 5.74) is 0.912. The summed E-state index contributed by atoms with van der Waals surface area (Å²) in [5, 5.41) is 0. The fraction of sp³-hybridized carbons (Fsp3) is 0.714. The summed E-state index contributed by atoms with van der Waals surface area (Å²) in [7, 11) is 0. The van der Waals surface area contributed by atoms with Crippen molar-refractivity contribution in [1.29, 1.82) is 0 Å². The van der Waals surface area contributed by atoms with E-state index in [4.69, 9.17) is 4.74 Å². The first-order valence-corrected chi connectivity index (χ1v) is 6.64. The molecule has 0 amide bonds. The highest BCUT2D eigenvalue weighted by molar-refractivity contribution is 5.42.